The Kier molecular flexibility index (Phi) is 3.59. The van der Waals surface area contributed by atoms with Crippen LogP contribution in [0.3, 0.4) is 0 Å². The number of anilines is 2. The zero-order valence-corrected chi connectivity index (χ0v) is 9.75. The van der Waals surface area contributed by atoms with E-state index < -0.39 is 5.91 Å². The number of nitrogens with one attached hydrogen (secondary N) is 2. The molecule has 0 bridgehead atoms. The molecule has 1 heterocycles. The van der Waals surface area contributed by atoms with Gasteiger partial charge >= 0.3 is 0 Å². The number of nitriles is 1. The largest absolute Gasteiger partial charge is 0.479 e. The lowest BCUT2D eigenvalue weighted by molar-refractivity contribution is 0.101. The molecule has 4 N–H and O–H groups in total. The summed E-state index contributed by atoms with van der Waals surface area (Å²) in [6, 6.07) is 8.50. The number of nitrogen functional groups attached to an aromatic ring is 1. The Hall–Kier alpha value is -3.08. The number of ether oxygens (including phenoxy) is 1. The van der Waals surface area contributed by atoms with E-state index in [9.17, 15) is 4.79 Å². The van der Waals surface area contributed by atoms with Crippen molar-refractivity contribution in [3.63, 3.8) is 0 Å². The number of carbonyl (C=O) groups excluding carboxylic acids is 1. The summed E-state index contributed by atoms with van der Waals surface area (Å²) in [5.41, 5.74) is 5.81. The highest BCUT2D eigenvalue weighted by molar-refractivity contribution is 6.01. The van der Waals surface area contributed by atoms with Gasteiger partial charge in [-0.25, -0.2) is 0 Å². The first kappa shape index (κ1) is 12.4. The summed E-state index contributed by atoms with van der Waals surface area (Å²) in [6.45, 7) is -0.0595. The molecule has 1 aromatic heterocycles. The van der Waals surface area contributed by atoms with Crippen LogP contribution in [0.5, 0.6) is 5.75 Å². The number of benzene rings is 1. The Labute approximate surface area is 108 Å². The van der Waals surface area contributed by atoms with Gasteiger partial charge in [-0.1, -0.05) is 6.07 Å². The van der Waals surface area contributed by atoms with Crippen molar-refractivity contribution >= 4 is 17.5 Å². The first-order valence-electron chi connectivity index (χ1n) is 5.28. The van der Waals surface area contributed by atoms with Gasteiger partial charge in [0.2, 0.25) is 11.8 Å². The van der Waals surface area contributed by atoms with Gasteiger partial charge in [-0.05, 0) is 12.1 Å². The van der Waals surface area contributed by atoms with E-state index in [-0.39, 0.29) is 18.4 Å². The second kappa shape index (κ2) is 5.50. The standard InChI is InChI=1S/C11H10N6O2/c12-4-5-19-8-3-1-2-7(6-8)14-10(18)9-15-11(13)17-16-9/h1-3,6H,5H2,(H,14,18)(H3,13,15,16,17). The first-order chi connectivity index (χ1) is 9.19. The number of aromatic nitrogens is 3. The number of H-pyrrole nitrogens is 1. The van der Waals surface area contributed by atoms with Gasteiger partial charge in [0.1, 0.15) is 11.8 Å². The molecule has 0 spiro atoms. The highest BCUT2D eigenvalue weighted by Gasteiger charge is 2.11. The van der Waals surface area contributed by atoms with Crippen LogP contribution in [0, 0.1) is 11.3 Å². The van der Waals surface area contributed by atoms with Crippen molar-refractivity contribution in [3.05, 3.63) is 30.1 Å². The lowest BCUT2D eigenvalue weighted by atomic mass is 10.3. The summed E-state index contributed by atoms with van der Waals surface area (Å²) in [6.07, 6.45) is 0. The summed E-state index contributed by atoms with van der Waals surface area (Å²) >= 11 is 0. The second-order valence-corrected chi connectivity index (χ2v) is 3.47. The second-order valence-electron chi connectivity index (χ2n) is 3.47. The SMILES string of the molecule is N#CCOc1cccc(NC(=O)c2nc(N)n[nH]2)c1. The molecule has 1 aromatic carbocycles. The number of rotatable bonds is 4. The lowest BCUT2D eigenvalue weighted by Crippen LogP contribution is -2.13. The van der Waals surface area contributed by atoms with E-state index in [1.165, 1.54) is 0 Å². The van der Waals surface area contributed by atoms with Crippen LogP contribution in [0.2, 0.25) is 0 Å². The Balaban J connectivity index is 2.06. The topological polar surface area (TPSA) is 130 Å². The van der Waals surface area contributed by atoms with E-state index in [0.29, 0.717) is 11.4 Å². The Morgan fingerprint density at radius 2 is 2.42 bits per heavy atom. The van der Waals surface area contributed by atoms with Crippen molar-refractivity contribution in [2.24, 2.45) is 0 Å². The molecule has 0 saturated heterocycles. The lowest BCUT2D eigenvalue weighted by Gasteiger charge is -2.05. The van der Waals surface area contributed by atoms with Crippen LogP contribution in [-0.2, 0) is 0 Å². The van der Waals surface area contributed by atoms with E-state index in [1.54, 1.807) is 24.3 Å². The fourth-order valence-corrected chi connectivity index (χ4v) is 1.35. The Morgan fingerprint density at radius 3 is 3.11 bits per heavy atom. The van der Waals surface area contributed by atoms with Crippen molar-refractivity contribution in [2.75, 3.05) is 17.7 Å². The van der Waals surface area contributed by atoms with E-state index in [1.807, 2.05) is 6.07 Å². The zero-order valence-electron chi connectivity index (χ0n) is 9.75. The van der Waals surface area contributed by atoms with E-state index in [2.05, 4.69) is 20.5 Å². The molecule has 19 heavy (non-hydrogen) atoms. The summed E-state index contributed by atoms with van der Waals surface area (Å²) in [4.78, 5) is 15.5. The van der Waals surface area contributed by atoms with Crippen molar-refractivity contribution in [2.45, 2.75) is 0 Å². The van der Waals surface area contributed by atoms with Crippen LogP contribution >= 0.6 is 0 Å². The van der Waals surface area contributed by atoms with Crippen LogP contribution in [0.4, 0.5) is 11.6 Å². The highest BCUT2D eigenvalue weighted by Crippen LogP contribution is 2.17. The predicted molar refractivity (Wildman–Crippen MR) is 66.3 cm³/mol. The molecule has 0 aliphatic carbocycles. The summed E-state index contributed by atoms with van der Waals surface area (Å²) < 4.78 is 5.12. The maximum absolute atomic E-state index is 11.8. The van der Waals surface area contributed by atoms with Gasteiger partial charge in [0.05, 0.1) is 0 Å². The summed E-state index contributed by atoms with van der Waals surface area (Å²) in [5.74, 6) is 0.0233. The molecular weight excluding hydrogens is 248 g/mol. The molecule has 0 radical (unpaired) electrons. The summed E-state index contributed by atoms with van der Waals surface area (Å²) in [5, 5.41) is 17.0. The minimum atomic E-state index is -0.471. The molecule has 1 amide bonds. The molecular formula is C11H10N6O2. The quantitative estimate of drug-likeness (QED) is 0.733. The predicted octanol–water partition coefficient (Wildman–Crippen LogP) is 0.542. The number of nitrogens with two attached hydrogens (primary N) is 1. The maximum Gasteiger partial charge on any atom is 0.293 e. The fraction of sp³-hybridized carbons (Fsp3) is 0.0909. The first-order valence-corrected chi connectivity index (χ1v) is 5.28. The van der Waals surface area contributed by atoms with Crippen molar-refractivity contribution in [1.29, 1.82) is 5.26 Å². The van der Waals surface area contributed by atoms with Crippen molar-refractivity contribution in [3.8, 4) is 11.8 Å². The average molecular weight is 258 g/mol. The van der Waals surface area contributed by atoms with Gasteiger partial charge in [0.15, 0.2) is 6.61 Å². The van der Waals surface area contributed by atoms with Gasteiger partial charge in [-0.2, -0.15) is 10.2 Å². The molecule has 0 fully saturated rings. The molecule has 8 heteroatoms. The Morgan fingerprint density at radius 1 is 1.58 bits per heavy atom. The molecule has 0 unspecified atom stereocenters. The van der Waals surface area contributed by atoms with Gasteiger partial charge in [-0.3, -0.25) is 9.89 Å². The number of nitrogens with zero attached hydrogens (tertiary/aromatic N) is 3. The fourth-order valence-electron chi connectivity index (χ4n) is 1.35. The molecule has 96 valence electrons. The van der Waals surface area contributed by atoms with Gasteiger partial charge in [0.25, 0.3) is 5.91 Å². The maximum atomic E-state index is 11.8. The van der Waals surface area contributed by atoms with Crippen LogP contribution in [-0.4, -0.2) is 27.7 Å². The van der Waals surface area contributed by atoms with Gasteiger partial charge in [0, 0.05) is 11.8 Å². The number of amides is 1. The smallest absolute Gasteiger partial charge is 0.293 e. The van der Waals surface area contributed by atoms with E-state index in [4.69, 9.17) is 15.7 Å². The third-order valence-corrected chi connectivity index (χ3v) is 2.11. The molecule has 0 aliphatic rings. The zero-order chi connectivity index (χ0) is 13.7. The van der Waals surface area contributed by atoms with Crippen LogP contribution in [0.15, 0.2) is 24.3 Å². The molecule has 8 nitrogen and oxygen atoms in total. The number of carbonyl (C=O) groups is 1. The molecule has 2 aromatic rings. The molecule has 0 saturated carbocycles. The van der Waals surface area contributed by atoms with Gasteiger partial charge < -0.3 is 15.8 Å². The normalized spacial score (nSPS) is 9.63. The number of hydrogen-bond acceptors (Lipinski definition) is 6. The number of aromatic amines is 1. The third kappa shape index (κ3) is 3.19. The van der Waals surface area contributed by atoms with E-state index >= 15 is 0 Å². The van der Waals surface area contributed by atoms with Gasteiger partial charge in [-0.15, -0.1) is 5.10 Å². The van der Waals surface area contributed by atoms with Crippen LogP contribution < -0.4 is 15.8 Å². The Bertz CT molecular complexity index is 630. The molecule has 0 atom stereocenters. The van der Waals surface area contributed by atoms with E-state index in [0.717, 1.165) is 0 Å². The third-order valence-electron chi connectivity index (χ3n) is 2.11. The molecule has 2 rings (SSSR count). The van der Waals surface area contributed by atoms with Crippen LogP contribution in [0.25, 0.3) is 0 Å². The minimum absolute atomic E-state index is 0.00347. The summed E-state index contributed by atoms with van der Waals surface area (Å²) in [7, 11) is 0. The average Bonchev–Trinajstić information content (AvgIpc) is 2.83. The van der Waals surface area contributed by atoms with Crippen LogP contribution in [0.1, 0.15) is 10.6 Å². The minimum Gasteiger partial charge on any atom is -0.479 e. The van der Waals surface area contributed by atoms with Crippen molar-refractivity contribution < 1.29 is 9.53 Å². The molecule has 0 aliphatic heterocycles. The highest BCUT2D eigenvalue weighted by atomic mass is 16.5. The van der Waals surface area contributed by atoms with Crippen molar-refractivity contribution in [1.82, 2.24) is 15.2 Å². The monoisotopic (exact) mass is 258 g/mol. The number of hydrogen-bond donors (Lipinski definition) is 3.